The van der Waals surface area contributed by atoms with Crippen molar-refractivity contribution in [2.24, 2.45) is 0 Å². The zero-order chi connectivity index (χ0) is 15.8. The van der Waals surface area contributed by atoms with Crippen molar-refractivity contribution in [3.63, 3.8) is 0 Å². The molecular weight excluding hydrogens is 276 g/mol. The lowest BCUT2D eigenvalue weighted by atomic mass is 10.1. The van der Waals surface area contributed by atoms with Gasteiger partial charge in [0.1, 0.15) is 0 Å². The van der Waals surface area contributed by atoms with Crippen LogP contribution in [-0.4, -0.2) is 54.3 Å². The van der Waals surface area contributed by atoms with Crippen molar-refractivity contribution in [1.82, 2.24) is 4.90 Å². The molecule has 7 nitrogen and oxygen atoms in total. The second-order valence-corrected chi connectivity index (χ2v) is 4.48. The first kappa shape index (κ1) is 16.8. The smallest absolute Gasteiger partial charge is 0.276 e. The topological polar surface area (TPSA) is 92.9 Å². The number of aliphatic hydroxyl groups excluding tert-OH is 1. The molecule has 0 heterocycles. The Balaban J connectivity index is 2.72. The highest BCUT2D eigenvalue weighted by Crippen LogP contribution is 2.18. The molecule has 1 amide bonds. The minimum Gasteiger partial charge on any atom is -0.389 e. The highest BCUT2D eigenvalue weighted by molar-refractivity contribution is 5.92. The molecule has 0 bridgehead atoms. The lowest BCUT2D eigenvalue weighted by Crippen LogP contribution is -2.35. The number of methoxy groups -OCH3 is 1. The number of nitro benzene ring substituents is 1. The maximum Gasteiger partial charge on any atom is 0.276 e. The van der Waals surface area contributed by atoms with Gasteiger partial charge in [-0.1, -0.05) is 12.1 Å². The fraction of sp³-hybridized carbons (Fsp3) is 0.357. The Morgan fingerprint density at radius 1 is 1.52 bits per heavy atom. The van der Waals surface area contributed by atoms with Gasteiger partial charge in [-0.3, -0.25) is 14.9 Å². The van der Waals surface area contributed by atoms with Crippen molar-refractivity contribution in [3.8, 4) is 0 Å². The molecule has 0 fully saturated rings. The van der Waals surface area contributed by atoms with Crippen molar-refractivity contribution in [2.45, 2.75) is 6.10 Å². The fourth-order valence-corrected chi connectivity index (χ4v) is 1.73. The number of rotatable bonds is 7. The summed E-state index contributed by atoms with van der Waals surface area (Å²) in [6.45, 7) is 0.249. The normalized spacial score (nSPS) is 12.3. The first-order valence-corrected chi connectivity index (χ1v) is 6.29. The van der Waals surface area contributed by atoms with Gasteiger partial charge in [-0.15, -0.1) is 0 Å². The number of amides is 1. The summed E-state index contributed by atoms with van der Waals surface area (Å²) < 4.78 is 4.77. The Bertz CT molecular complexity index is 530. The summed E-state index contributed by atoms with van der Waals surface area (Å²) in [7, 11) is 2.99. The Morgan fingerprint density at radius 2 is 2.19 bits per heavy atom. The number of nitrogens with zero attached hydrogens (tertiary/aromatic N) is 2. The largest absolute Gasteiger partial charge is 0.389 e. The van der Waals surface area contributed by atoms with Gasteiger partial charge < -0.3 is 14.7 Å². The van der Waals surface area contributed by atoms with Crippen LogP contribution in [0.4, 0.5) is 5.69 Å². The van der Waals surface area contributed by atoms with Crippen LogP contribution in [0.1, 0.15) is 5.56 Å². The molecule has 1 aromatic carbocycles. The molecule has 0 saturated heterocycles. The van der Waals surface area contributed by atoms with E-state index in [0.29, 0.717) is 5.56 Å². The van der Waals surface area contributed by atoms with Crippen LogP contribution in [-0.2, 0) is 9.53 Å². The molecule has 114 valence electrons. The van der Waals surface area contributed by atoms with Gasteiger partial charge in [-0.25, -0.2) is 0 Å². The first-order valence-electron chi connectivity index (χ1n) is 6.29. The summed E-state index contributed by atoms with van der Waals surface area (Å²) in [6, 6.07) is 6.14. The van der Waals surface area contributed by atoms with E-state index in [0.717, 1.165) is 0 Å². The second-order valence-electron chi connectivity index (χ2n) is 4.48. The molecule has 1 atom stereocenters. The lowest BCUT2D eigenvalue weighted by Gasteiger charge is -2.18. The summed E-state index contributed by atoms with van der Waals surface area (Å²) in [6.07, 6.45) is 1.85. The van der Waals surface area contributed by atoms with E-state index in [1.165, 1.54) is 37.3 Å². The third kappa shape index (κ3) is 5.33. The number of hydrogen-bond acceptors (Lipinski definition) is 5. The van der Waals surface area contributed by atoms with Gasteiger partial charge in [0.15, 0.2) is 0 Å². The van der Waals surface area contributed by atoms with Crippen molar-refractivity contribution < 1.29 is 19.6 Å². The third-order valence-electron chi connectivity index (χ3n) is 2.76. The maximum atomic E-state index is 11.9. The van der Waals surface area contributed by atoms with E-state index in [1.807, 2.05) is 0 Å². The highest BCUT2D eigenvalue weighted by atomic mass is 16.6. The van der Waals surface area contributed by atoms with Gasteiger partial charge in [0.05, 0.1) is 23.2 Å². The molecule has 21 heavy (non-hydrogen) atoms. The lowest BCUT2D eigenvalue weighted by molar-refractivity contribution is -0.385. The minimum absolute atomic E-state index is 0.0661. The average molecular weight is 294 g/mol. The summed E-state index contributed by atoms with van der Waals surface area (Å²) in [5.41, 5.74) is 0.283. The van der Waals surface area contributed by atoms with Crippen molar-refractivity contribution in [2.75, 3.05) is 27.3 Å². The SMILES string of the molecule is COCC(O)CN(C)C(=O)C=Cc1ccccc1[N+](=O)[O-]. The Kier molecular flexibility index (Phi) is 6.51. The number of ether oxygens (including phenoxy) is 1. The third-order valence-corrected chi connectivity index (χ3v) is 2.76. The first-order chi connectivity index (χ1) is 9.95. The van der Waals surface area contributed by atoms with Gasteiger partial charge in [0, 0.05) is 32.8 Å². The number of benzene rings is 1. The van der Waals surface area contributed by atoms with E-state index in [9.17, 15) is 20.0 Å². The number of carbonyl (C=O) groups excluding carboxylic acids is 1. The number of carbonyl (C=O) groups is 1. The van der Waals surface area contributed by atoms with E-state index in [4.69, 9.17) is 4.74 Å². The van der Waals surface area contributed by atoms with E-state index >= 15 is 0 Å². The molecule has 1 N–H and O–H groups in total. The predicted molar refractivity (Wildman–Crippen MR) is 77.7 cm³/mol. The Morgan fingerprint density at radius 3 is 2.81 bits per heavy atom. The van der Waals surface area contributed by atoms with Crippen LogP contribution in [0.25, 0.3) is 6.08 Å². The zero-order valence-electron chi connectivity index (χ0n) is 11.9. The van der Waals surface area contributed by atoms with Gasteiger partial charge in [-0.05, 0) is 12.1 Å². The summed E-state index contributed by atoms with van der Waals surface area (Å²) in [5, 5.41) is 20.4. The van der Waals surface area contributed by atoms with Crippen molar-refractivity contribution >= 4 is 17.7 Å². The molecule has 0 saturated carbocycles. The van der Waals surface area contributed by atoms with Crippen LogP contribution in [0.15, 0.2) is 30.3 Å². The molecular formula is C14H18N2O5. The molecule has 7 heteroatoms. The number of aliphatic hydroxyl groups is 1. The number of para-hydroxylation sites is 1. The second kappa shape index (κ2) is 8.13. The molecule has 0 radical (unpaired) electrons. The van der Waals surface area contributed by atoms with E-state index < -0.39 is 11.0 Å². The minimum atomic E-state index is -0.775. The van der Waals surface area contributed by atoms with Gasteiger partial charge in [0.2, 0.25) is 5.91 Å². The highest BCUT2D eigenvalue weighted by Gasteiger charge is 2.13. The van der Waals surface area contributed by atoms with Crippen LogP contribution in [0, 0.1) is 10.1 Å². The number of hydrogen-bond donors (Lipinski definition) is 1. The summed E-state index contributed by atoms with van der Waals surface area (Å²) >= 11 is 0. The van der Waals surface area contributed by atoms with Crippen LogP contribution < -0.4 is 0 Å². The molecule has 1 rings (SSSR count). The Labute approximate surface area is 122 Å². The fourth-order valence-electron chi connectivity index (χ4n) is 1.73. The van der Waals surface area contributed by atoms with Gasteiger partial charge >= 0.3 is 0 Å². The molecule has 1 aromatic rings. The quantitative estimate of drug-likeness (QED) is 0.461. The molecule has 0 spiro atoms. The van der Waals surface area contributed by atoms with E-state index in [2.05, 4.69) is 0 Å². The van der Waals surface area contributed by atoms with Crippen LogP contribution in [0.5, 0.6) is 0 Å². The molecule has 0 aliphatic rings. The monoisotopic (exact) mass is 294 g/mol. The van der Waals surface area contributed by atoms with Gasteiger partial charge in [-0.2, -0.15) is 0 Å². The molecule has 0 aromatic heterocycles. The Hall–Kier alpha value is -2.25. The zero-order valence-corrected chi connectivity index (χ0v) is 11.9. The molecule has 0 aliphatic heterocycles. The summed E-state index contributed by atoms with van der Waals surface area (Å²) in [5.74, 6) is -0.358. The average Bonchev–Trinajstić information content (AvgIpc) is 2.45. The maximum absolute atomic E-state index is 11.9. The summed E-state index contributed by atoms with van der Waals surface area (Å²) in [4.78, 5) is 23.5. The standard InChI is InChI=1S/C14H18N2O5/c1-15(9-12(17)10-21-2)14(18)8-7-11-5-3-4-6-13(11)16(19)20/h3-8,12,17H,9-10H2,1-2H3. The number of likely N-dealkylation sites (N-methyl/N-ethyl adjacent to an activating group) is 1. The molecule has 0 aliphatic carbocycles. The van der Waals surface area contributed by atoms with Gasteiger partial charge in [0.25, 0.3) is 5.69 Å². The van der Waals surface area contributed by atoms with Crippen LogP contribution >= 0.6 is 0 Å². The predicted octanol–water partition coefficient (Wildman–Crippen LogP) is 1.07. The van der Waals surface area contributed by atoms with Crippen molar-refractivity contribution in [3.05, 3.63) is 46.0 Å². The number of nitro groups is 1. The van der Waals surface area contributed by atoms with Crippen molar-refractivity contribution in [1.29, 1.82) is 0 Å². The van der Waals surface area contributed by atoms with Crippen LogP contribution in [0.2, 0.25) is 0 Å². The molecule has 1 unspecified atom stereocenters. The van der Waals surface area contributed by atoms with E-state index in [1.54, 1.807) is 18.2 Å². The van der Waals surface area contributed by atoms with E-state index in [-0.39, 0.29) is 24.7 Å². The van der Waals surface area contributed by atoms with Crippen LogP contribution in [0.3, 0.4) is 0 Å².